The summed E-state index contributed by atoms with van der Waals surface area (Å²) in [5.41, 5.74) is 1.17. The number of nitrogens with one attached hydrogen (secondary N) is 1. The Balaban J connectivity index is 1.49. The minimum Gasteiger partial charge on any atom is -0.347 e. The number of carbonyl (C=O) groups is 1. The number of amides is 1. The van der Waals surface area contributed by atoms with Crippen molar-refractivity contribution in [1.82, 2.24) is 14.9 Å². The first-order valence-corrected chi connectivity index (χ1v) is 8.99. The maximum absolute atomic E-state index is 13.9. The zero-order valence-electron chi connectivity index (χ0n) is 15.1. The second kappa shape index (κ2) is 7.21. The quantitative estimate of drug-likeness (QED) is 0.893. The van der Waals surface area contributed by atoms with E-state index in [9.17, 15) is 9.18 Å². The number of benzene rings is 1. The number of rotatable bonds is 3. The molecule has 142 valence electrons. The molecule has 27 heavy (non-hydrogen) atoms. The van der Waals surface area contributed by atoms with Gasteiger partial charge in [-0.15, -0.1) is 0 Å². The van der Waals surface area contributed by atoms with Gasteiger partial charge < -0.3 is 19.7 Å². The third-order valence-corrected chi connectivity index (χ3v) is 4.82. The van der Waals surface area contributed by atoms with E-state index in [2.05, 4.69) is 15.3 Å². The van der Waals surface area contributed by atoms with Crippen molar-refractivity contribution >= 4 is 17.5 Å². The van der Waals surface area contributed by atoms with Crippen molar-refractivity contribution in [3.05, 3.63) is 47.5 Å². The van der Waals surface area contributed by atoms with E-state index < -0.39 is 11.6 Å². The monoisotopic (exact) mass is 372 g/mol. The van der Waals surface area contributed by atoms with E-state index in [4.69, 9.17) is 9.47 Å². The fraction of sp³-hybridized carbons (Fsp3) is 0.421. The highest BCUT2D eigenvalue weighted by Crippen LogP contribution is 2.31. The summed E-state index contributed by atoms with van der Waals surface area (Å²) in [6, 6.07) is 7.90. The number of aromatic nitrogens is 2. The van der Waals surface area contributed by atoms with Gasteiger partial charge in [0.05, 0.1) is 18.9 Å². The lowest BCUT2D eigenvalue weighted by Gasteiger charge is -2.37. The van der Waals surface area contributed by atoms with Crippen molar-refractivity contribution in [1.29, 1.82) is 0 Å². The predicted octanol–water partition coefficient (Wildman–Crippen LogP) is 2.65. The Kier molecular flexibility index (Phi) is 4.75. The zero-order chi connectivity index (χ0) is 18.9. The third kappa shape index (κ3) is 3.77. The molecule has 0 atom stereocenters. The van der Waals surface area contributed by atoms with Crippen LogP contribution in [-0.4, -0.2) is 52.9 Å². The van der Waals surface area contributed by atoms with Crippen LogP contribution in [0.1, 0.15) is 29.0 Å². The maximum Gasteiger partial charge on any atom is 0.272 e. The lowest BCUT2D eigenvalue weighted by molar-refractivity contribution is -0.181. The lowest BCUT2D eigenvalue weighted by Crippen LogP contribution is -2.47. The van der Waals surface area contributed by atoms with Gasteiger partial charge in [-0.25, -0.2) is 14.4 Å². The van der Waals surface area contributed by atoms with Crippen LogP contribution in [0.4, 0.5) is 16.0 Å². The molecule has 2 fully saturated rings. The van der Waals surface area contributed by atoms with Gasteiger partial charge in [0.25, 0.3) is 5.91 Å². The minimum atomic E-state index is -0.532. The number of piperidine rings is 1. The van der Waals surface area contributed by atoms with Crippen molar-refractivity contribution < 1.29 is 18.7 Å². The van der Waals surface area contributed by atoms with E-state index in [0.717, 1.165) is 0 Å². The normalized spacial score (nSPS) is 18.7. The van der Waals surface area contributed by atoms with Crippen molar-refractivity contribution in [2.75, 3.05) is 31.6 Å². The molecule has 4 rings (SSSR count). The Morgan fingerprint density at radius 2 is 1.89 bits per heavy atom. The first kappa shape index (κ1) is 17.8. The van der Waals surface area contributed by atoms with Crippen LogP contribution in [0.25, 0.3) is 0 Å². The van der Waals surface area contributed by atoms with Gasteiger partial charge >= 0.3 is 0 Å². The summed E-state index contributed by atoms with van der Waals surface area (Å²) in [4.78, 5) is 23.2. The van der Waals surface area contributed by atoms with Crippen LogP contribution in [0.3, 0.4) is 0 Å². The molecule has 2 saturated heterocycles. The van der Waals surface area contributed by atoms with Gasteiger partial charge in [-0.1, -0.05) is 12.1 Å². The molecule has 0 aliphatic carbocycles. The Hall–Kier alpha value is -2.58. The van der Waals surface area contributed by atoms with Crippen LogP contribution in [0, 0.1) is 12.7 Å². The minimum absolute atomic E-state index is 0.176. The molecule has 1 N–H and O–H groups in total. The molecule has 2 aliphatic heterocycles. The van der Waals surface area contributed by atoms with Gasteiger partial charge in [-0.05, 0) is 25.1 Å². The van der Waals surface area contributed by atoms with Gasteiger partial charge in [0.1, 0.15) is 11.5 Å². The highest BCUT2D eigenvalue weighted by molar-refractivity contribution is 5.92. The molecule has 1 spiro atoms. The Labute approximate surface area is 156 Å². The summed E-state index contributed by atoms with van der Waals surface area (Å²) in [5.74, 6) is -0.923. The SMILES string of the molecule is Cc1cc(C(=O)N2CCC3(CC2)OCCO3)nc(Nc2ccccc2F)n1. The topological polar surface area (TPSA) is 76.6 Å². The fourth-order valence-corrected chi connectivity index (χ4v) is 3.42. The third-order valence-electron chi connectivity index (χ3n) is 4.82. The highest BCUT2D eigenvalue weighted by Gasteiger charge is 2.41. The summed E-state index contributed by atoms with van der Waals surface area (Å²) in [5, 5.41) is 2.84. The lowest BCUT2D eigenvalue weighted by atomic mass is 10.0. The first-order chi connectivity index (χ1) is 13.0. The maximum atomic E-state index is 13.9. The smallest absolute Gasteiger partial charge is 0.272 e. The van der Waals surface area contributed by atoms with Gasteiger partial charge in [-0.3, -0.25) is 4.79 Å². The van der Waals surface area contributed by atoms with Gasteiger partial charge in [0.2, 0.25) is 5.95 Å². The summed E-state index contributed by atoms with van der Waals surface area (Å²) in [7, 11) is 0. The molecule has 7 nitrogen and oxygen atoms in total. The van der Waals surface area contributed by atoms with E-state index >= 15 is 0 Å². The van der Waals surface area contributed by atoms with E-state index in [0.29, 0.717) is 44.8 Å². The van der Waals surface area contributed by atoms with E-state index in [1.807, 2.05) is 0 Å². The Morgan fingerprint density at radius 3 is 2.59 bits per heavy atom. The molecule has 1 aromatic heterocycles. The van der Waals surface area contributed by atoms with E-state index in [1.54, 1.807) is 36.1 Å². The average molecular weight is 372 g/mol. The van der Waals surface area contributed by atoms with E-state index in [-0.39, 0.29) is 23.2 Å². The largest absolute Gasteiger partial charge is 0.347 e. The number of aryl methyl sites for hydroxylation is 1. The second-order valence-corrected chi connectivity index (χ2v) is 6.72. The molecule has 8 heteroatoms. The van der Waals surface area contributed by atoms with Crippen molar-refractivity contribution in [2.24, 2.45) is 0 Å². The number of halogens is 1. The number of nitrogens with zero attached hydrogens (tertiary/aromatic N) is 3. The molecular formula is C19H21FN4O3. The number of anilines is 2. The van der Waals surface area contributed by atoms with Crippen LogP contribution in [0.5, 0.6) is 0 Å². The summed E-state index contributed by atoms with van der Waals surface area (Å²) < 4.78 is 25.3. The Bertz CT molecular complexity index is 845. The number of likely N-dealkylation sites (tertiary alicyclic amines) is 1. The molecule has 2 aromatic rings. The molecule has 2 aliphatic rings. The fourth-order valence-electron chi connectivity index (χ4n) is 3.42. The number of carbonyl (C=O) groups excluding carboxylic acids is 1. The Morgan fingerprint density at radius 1 is 1.19 bits per heavy atom. The molecular weight excluding hydrogens is 351 g/mol. The van der Waals surface area contributed by atoms with Gasteiger partial charge in [0, 0.05) is 31.6 Å². The zero-order valence-corrected chi connectivity index (χ0v) is 15.1. The summed E-state index contributed by atoms with van der Waals surface area (Å²) in [6.45, 7) is 4.06. The standard InChI is InChI=1S/C19H21FN4O3/c1-13-12-16(23-18(21-13)22-15-5-3-2-4-14(15)20)17(25)24-8-6-19(7-9-24)26-10-11-27-19/h2-5,12H,6-11H2,1H3,(H,21,22,23). The molecule has 0 radical (unpaired) electrons. The molecule has 0 unspecified atom stereocenters. The van der Waals surface area contributed by atoms with Gasteiger partial charge in [0.15, 0.2) is 5.79 Å². The number of hydrogen-bond acceptors (Lipinski definition) is 6. The number of ether oxygens (including phenoxy) is 2. The molecule has 1 aromatic carbocycles. The predicted molar refractivity (Wildman–Crippen MR) is 96.2 cm³/mol. The summed E-state index contributed by atoms with van der Waals surface area (Å²) in [6.07, 6.45) is 1.28. The average Bonchev–Trinajstić information content (AvgIpc) is 3.11. The first-order valence-electron chi connectivity index (χ1n) is 8.99. The molecule has 0 bridgehead atoms. The molecule has 1 amide bonds. The molecule has 3 heterocycles. The van der Waals surface area contributed by atoms with Gasteiger partial charge in [-0.2, -0.15) is 0 Å². The van der Waals surface area contributed by atoms with Crippen molar-refractivity contribution in [3.63, 3.8) is 0 Å². The molecule has 0 saturated carbocycles. The van der Waals surface area contributed by atoms with Crippen molar-refractivity contribution in [2.45, 2.75) is 25.6 Å². The van der Waals surface area contributed by atoms with Crippen LogP contribution >= 0.6 is 0 Å². The van der Waals surface area contributed by atoms with E-state index in [1.165, 1.54) is 6.07 Å². The van der Waals surface area contributed by atoms with Crippen LogP contribution in [0.2, 0.25) is 0 Å². The van der Waals surface area contributed by atoms with Crippen LogP contribution in [-0.2, 0) is 9.47 Å². The highest BCUT2D eigenvalue weighted by atomic mass is 19.1. The van der Waals surface area contributed by atoms with Crippen LogP contribution < -0.4 is 5.32 Å². The number of para-hydroxylation sites is 1. The second-order valence-electron chi connectivity index (χ2n) is 6.72. The van der Waals surface area contributed by atoms with Crippen LogP contribution in [0.15, 0.2) is 30.3 Å². The summed E-state index contributed by atoms with van der Waals surface area (Å²) >= 11 is 0. The van der Waals surface area contributed by atoms with Crippen molar-refractivity contribution in [3.8, 4) is 0 Å². The number of hydrogen-bond donors (Lipinski definition) is 1.